The lowest BCUT2D eigenvalue weighted by atomic mass is 10.0. The van der Waals surface area contributed by atoms with Gasteiger partial charge in [-0.3, -0.25) is 9.59 Å². The van der Waals surface area contributed by atoms with Crippen molar-refractivity contribution < 1.29 is 34.2 Å². The third kappa shape index (κ3) is 24.9. The highest BCUT2D eigenvalue weighted by Crippen LogP contribution is 2.22. The molecule has 2 N–H and O–H groups in total. The van der Waals surface area contributed by atoms with Crippen molar-refractivity contribution >= 4 is 17.9 Å². The fraction of sp³-hybridized carbons (Fsp3) is 0.868. The molecule has 0 saturated heterocycles. The predicted molar refractivity (Wildman–Crippen MR) is 184 cm³/mol. The Morgan fingerprint density at radius 3 is 1.22 bits per heavy atom. The molecule has 3 atom stereocenters. The van der Waals surface area contributed by atoms with Crippen LogP contribution in [0.3, 0.4) is 0 Å². The van der Waals surface area contributed by atoms with E-state index in [4.69, 9.17) is 0 Å². The van der Waals surface area contributed by atoms with Crippen LogP contribution < -0.4 is 5.11 Å². The highest BCUT2D eigenvalue weighted by Gasteiger charge is 2.30. The summed E-state index contributed by atoms with van der Waals surface area (Å²) in [5.74, 6) is -4.32. The molecule has 0 aromatic carbocycles. The van der Waals surface area contributed by atoms with Gasteiger partial charge in [0.25, 0.3) is 0 Å². The molecule has 0 amide bonds. The first-order chi connectivity index (χ1) is 21.5. The summed E-state index contributed by atoms with van der Waals surface area (Å²) in [4.78, 5) is 34.4. The highest BCUT2D eigenvalue weighted by molar-refractivity contribution is 5.69. The third-order valence-electron chi connectivity index (χ3n) is 9.75. The summed E-state index contributed by atoms with van der Waals surface area (Å²) >= 11 is 0. The zero-order valence-corrected chi connectivity index (χ0v) is 29.7. The molecule has 7 heteroatoms. The van der Waals surface area contributed by atoms with Crippen molar-refractivity contribution in [2.75, 3.05) is 26.2 Å². The first-order valence-electron chi connectivity index (χ1n) is 18.7. The number of hydrogen-bond acceptors (Lipinski definition) is 4. The predicted octanol–water partition coefficient (Wildman–Crippen LogP) is 8.79. The van der Waals surface area contributed by atoms with Crippen molar-refractivity contribution in [1.82, 2.24) is 0 Å². The number of nitrogens with zero attached hydrogens (tertiary/aromatic N) is 1. The highest BCUT2D eigenvalue weighted by atomic mass is 16.4. The molecule has 0 radical (unpaired) electrons. The minimum absolute atomic E-state index is 0.443. The van der Waals surface area contributed by atoms with Crippen LogP contribution >= 0.6 is 0 Å². The van der Waals surface area contributed by atoms with Crippen molar-refractivity contribution in [3.8, 4) is 0 Å². The lowest BCUT2D eigenvalue weighted by molar-refractivity contribution is -0.929. The Morgan fingerprint density at radius 2 is 0.867 bits per heavy atom. The van der Waals surface area contributed by atoms with E-state index in [9.17, 15) is 29.7 Å². The molecule has 0 bridgehead atoms. The van der Waals surface area contributed by atoms with Gasteiger partial charge in [0, 0.05) is 31.1 Å². The number of rotatable bonds is 33. The summed E-state index contributed by atoms with van der Waals surface area (Å²) in [7, 11) is 0. The number of carboxylic acids is 3. The zero-order chi connectivity index (χ0) is 33.8. The normalized spacial score (nSPS) is 15.1. The van der Waals surface area contributed by atoms with Crippen LogP contribution in [0.4, 0.5) is 0 Å². The molecule has 0 aromatic rings. The van der Waals surface area contributed by atoms with Crippen LogP contribution in [-0.4, -0.2) is 58.8 Å². The van der Waals surface area contributed by atoms with E-state index < -0.39 is 35.7 Å². The second kappa shape index (κ2) is 28.3. The first-order valence-corrected chi connectivity index (χ1v) is 18.7. The largest absolute Gasteiger partial charge is 0.550 e. The Bertz CT molecular complexity index is 722. The lowest BCUT2D eigenvalue weighted by Gasteiger charge is -2.41. The van der Waals surface area contributed by atoms with Gasteiger partial charge in [-0.25, -0.2) is 0 Å². The first kappa shape index (κ1) is 43.1. The number of unbranched alkanes of at least 4 members (excludes halogenated alkanes) is 17. The average molecular weight is 638 g/mol. The molecule has 0 rings (SSSR count). The van der Waals surface area contributed by atoms with Gasteiger partial charge in [-0.2, -0.15) is 0 Å². The molecule has 0 aliphatic rings. The Kier molecular flexibility index (Phi) is 27.2. The molecule has 7 nitrogen and oxygen atoms in total. The van der Waals surface area contributed by atoms with Crippen LogP contribution in [-0.2, 0) is 14.4 Å². The Morgan fingerprint density at radius 1 is 0.533 bits per heavy atom. The second-order valence-corrected chi connectivity index (χ2v) is 14.0. The summed E-state index contributed by atoms with van der Waals surface area (Å²) < 4.78 is 0.582. The van der Waals surface area contributed by atoms with Gasteiger partial charge in [-0.1, -0.05) is 123 Å². The summed E-state index contributed by atoms with van der Waals surface area (Å²) in [6.07, 6.45) is 30.5. The van der Waals surface area contributed by atoms with E-state index in [1.165, 1.54) is 103 Å². The van der Waals surface area contributed by atoms with Gasteiger partial charge in [-0.15, -0.1) is 0 Å². The van der Waals surface area contributed by atoms with Crippen LogP contribution in [0.1, 0.15) is 169 Å². The molecule has 0 spiro atoms. The standard InChI is InChI=1S/C38H71NO6/c1-5-6-7-8-9-10-11-12-13-14-15-16-17-18-19-20-21-22-23-24-25-29-39(30-26-33(2)36(40)41,31-27-34(3)37(42)43)32-28-35(4)38(44)45/h16-17,33-35H,5-15,18-32H2,1-4H3,(H2-,40,41,42,43,44,45)/b17-16-. The van der Waals surface area contributed by atoms with Gasteiger partial charge in [0.15, 0.2) is 0 Å². The van der Waals surface area contributed by atoms with Crippen molar-refractivity contribution in [1.29, 1.82) is 0 Å². The van der Waals surface area contributed by atoms with E-state index in [0.29, 0.717) is 43.4 Å². The maximum atomic E-state index is 11.5. The molecule has 264 valence electrons. The van der Waals surface area contributed by atoms with Crippen molar-refractivity contribution in [2.45, 2.75) is 169 Å². The fourth-order valence-electron chi connectivity index (χ4n) is 6.02. The smallest absolute Gasteiger partial charge is 0.306 e. The fourth-order valence-corrected chi connectivity index (χ4v) is 6.02. The molecule has 0 aliphatic carbocycles. The molecule has 0 aliphatic heterocycles. The van der Waals surface area contributed by atoms with Gasteiger partial charge in [-0.05, 0) is 38.5 Å². The molecule has 0 fully saturated rings. The average Bonchev–Trinajstić information content (AvgIpc) is 3.01. The van der Waals surface area contributed by atoms with Crippen LogP contribution in [0, 0.1) is 17.8 Å². The van der Waals surface area contributed by atoms with E-state index in [1.807, 2.05) is 0 Å². The number of quaternary nitrogens is 1. The number of aliphatic carboxylic acids is 3. The minimum atomic E-state index is -1.07. The van der Waals surface area contributed by atoms with E-state index in [-0.39, 0.29) is 0 Å². The molecule has 0 aromatic heterocycles. The van der Waals surface area contributed by atoms with Crippen LogP contribution in [0.15, 0.2) is 12.2 Å². The minimum Gasteiger partial charge on any atom is -0.550 e. The van der Waals surface area contributed by atoms with E-state index in [0.717, 1.165) is 25.8 Å². The topological polar surface area (TPSA) is 115 Å². The van der Waals surface area contributed by atoms with Crippen molar-refractivity contribution in [3.05, 3.63) is 12.2 Å². The van der Waals surface area contributed by atoms with Gasteiger partial charge in [0.2, 0.25) is 0 Å². The van der Waals surface area contributed by atoms with E-state index in [1.54, 1.807) is 20.8 Å². The Hall–Kier alpha value is -1.89. The summed E-state index contributed by atoms with van der Waals surface area (Å²) in [5.41, 5.74) is 0. The molecule has 0 saturated carbocycles. The summed E-state index contributed by atoms with van der Waals surface area (Å²) in [6.45, 7) is 9.98. The third-order valence-corrected chi connectivity index (χ3v) is 9.75. The molecular formula is C38H71NO6. The van der Waals surface area contributed by atoms with Gasteiger partial charge >= 0.3 is 11.9 Å². The lowest BCUT2D eigenvalue weighted by Crippen LogP contribution is -2.52. The molecular weight excluding hydrogens is 566 g/mol. The van der Waals surface area contributed by atoms with Gasteiger partial charge in [0.05, 0.1) is 38.0 Å². The monoisotopic (exact) mass is 638 g/mol. The number of allylic oxidation sites excluding steroid dienone is 2. The number of hydrogen-bond donors (Lipinski definition) is 2. The summed E-state index contributed by atoms with van der Waals surface area (Å²) in [5, 5.41) is 30.3. The zero-order valence-electron chi connectivity index (χ0n) is 29.7. The quantitative estimate of drug-likeness (QED) is 0.0422. The maximum Gasteiger partial charge on any atom is 0.306 e. The van der Waals surface area contributed by atoms with E-state index >= 15 is 0 Å². The second-order valence-electron chi connectivity index (χ2n) is 14.0. The van der Waals surface area contributed by atoms with Crippen LogP contribution in [0.2, 0.25) is 0 Å². The van der Waals surface area contributed by atoms with Gasteiger partial charge in [0.1, 0.15) is 0 Å². The van der Waals surface area contributed by atoms with Crippen molar-refractivity contribution in [2.24, 2.45) is 17.8 Å². The SMILES string of the molecule is CCCCCCCCCCCC/C=C\CCCCCCCCC[N+](CCC(C)C(=O)[O-])(CCC(C)C(=O)O)CCC(C)C(=O)O. The number of carbonyl (C=O) groups excluding carboxylic acids is 1. The Labute approximate surface area is 276 Å². The van der Waals surface area contributed by atoms with Crippen LogP contribution in [0.25, 0.3) is 0 Å². The van der Waals surface area contributed by atoms with E-state index in [2.05, 4.69) is 19.1 Å². The molecule has 0 heterocycles. The maximum absolute atomic E-state index is 11.5. The Balaban J connectivity index is 4.37. The van der Waals surface area contributed by atoms with Gasteiger partial charge < -0.3 is 24.6 Å². The van der Waals surface area contributed by atoms with Crippen molar-refractivity contribution in [3.63, 3.8) is 0 Å². The number of carboxylic acid groups (broad SMARTS) is 3. The number of carbonyl (C=O) groups is 3. The summed E-state index contributed by atoms with van der Waals surface area (Å²) in [6, 6.07) is 0. The molecule has 3 unspecified atom stereocenters. The van der Waals surface area contributed by atoms with Crippen LogP contribution in [0.5, 0.6) is 0 Å². The molecule has 45 heavy (non-hydrogen) atoms.